The minimum Gasteiger partial charge on any atom is -0.339 e. The van der Waals surface area contributed by atoms with Crippen molar-refractivity contribution in [3.63, 3.8) is 0 Å². The molecule has 0 bridgehead atoms. The first-order valence-corrected chi connectivity index (χ1v) is 11.1. The van der Waals surface area contributed by atoms with Crippen LogP contribution in [-0.4, -0.2) is 70.1 Å². The van der Waals surface area contributed by atoms with Gasteiger partial charge in [-0.1, -0.05) is 45.2 Å². The molecule has 30 heavy (non-hydrogen) atoms. The Morgan fingerprint density at radius 2 is 1.80 bits per heavy atom. The van der Waals surface area contributed by atoms with E-state index in [4.69, 9.17) is 4.52 Å². The van der Waals surface area contributed by atoms with Crippen LogP contribution in [0.25, 0.3) is 0 Å². The number of rotatable bonds is 5. The van der Waals surface area contributed by atoms with Crippen LogP contribution in [-0.2, 0) is 16.8 Å². The lowest BCUT2D eigenvalue weighted by Gasteiger charge is -2.36. The zero-order valence-electron chi connectivity index (χ0n) is 18.7. The molecule has 1 atom stereocenters. The van der Waals surface area contributed by atoms with Gasteiger partial charge in [0.15, 0.2) is 5.82 Å². The third-order valence-corrected chi connectivity index (χ3v) is 5.99. The van der Waals surface area contributed by atoms with Gasteiger partial charge in [0, 0.05) is 37.6 Å². The van der Waals surface area contributed by atoms with Gasteiger partial charge >= 0.3 is 6.03 Å². The predicted molar refractivity (Wildman–Crippen MR) is 113 cm³/mol. The van der Waals surface area contributed by atoms with Crippen molar-refractivity contribution in [3.8, 4) is 0 Å². The van der Waals surface area contributed by atoms with E-state index in [0.717, 1.165) is 51.9 Å². The third kappa shape index (κ3) is 6.25. The first-order chi connectivity index (χ1) is 14.2. The second-order valence-electron chi connectivity index (χ2n) is 9.55. The minimum absolute atomic E-state index is 0.157. The van der Waals surface area contributed by atoms with Gasteiger partial charge in [-0.05, 0) is 19.8 Å². The number of urea groups is 1. The molecule has 1 aromatic rings. The fourth-order valence-corrected chi connectivity index (χ4v) is 3.98. The summed E-state index contributed by atoms with van der Waals surface area (Å²) in [4.78, 5) is 33.5. The van der Waals surface area contributed by atoms with Crippen LogP contribution in [0.3, 0.4) is 0 Å². The molecule has 1 saturated carbocycles. The Morgan fingerprint density at radius 1 is 1.13 bits per heavy atom. The molecule has 2 heterocycles. The zero-order valence-corrected chi connectivity index (χ0v) is 18.7. The Hall–Kier alpha value is -2.00. The molecule has 0 spiro atoms. The number of nitrogens with one attached hydrogen (secondary N) is 2. The highest BCUT2D eigenvalue weighted by Gasteiger charge is 2.28. The van der Waals surface area contributed by atoms with Crippen LogP contribution in [0.1, 0.15) is 71.5 Å². The molecule has 0 radical (unpaired) electrons. The number of carbonyl (C=O) groups excluding carboxylic acids is 2. The lowest BCUT2D eigenvalue weighted by atomic mass is 9.96. The largest absolute Gasteiger partial charge is 0.339 e. The van der Waals surface area contributed by atoms with Gasteiger partial charge in [-0.2, -0.15) is 4.98 Å². The van der Waals surface area contributed by atoms with Crippen molar-refractivity contribution < 1.29 is 14.1 Å². The second kappa shape index (κ2) is 9.87. The molecule has 168 valence electrons. The van der Waals surface area contributed by atoms with Gasteiger partial charge in [-0.15, -0.1) is 0 Å². The van der Waals surface area contributed by atoms with E-state index in [2.05, 4.69) is 30.6 Å². The van der Waals surface area contributed by atoms with Gasteiger partial charge in [0.25, 0.3) is 0 Å². The smallest absolute Gasteiger partial charge is 0.321 e. The average molecular weight is 421 g/mol. The Bertz CT molecular complexity index is 715. The number of carbonyl (C=O) groups is 2. The van der Waals surface area contributed by atoms with Crippen LogP contribution in [0, 0.1) is 0 Å². The number of piperazine rings is 1. The SMILES string of the molecule is C[C@@H](C(=O)NC(=O)NC1CCCCC1)N1CCN(Cc2noc(C(C)(C)C)n2)CC1. The molecule has 0 unspecified atom stereocenters. The second-order valence-corrected chi connectivity index (χ2v) is 9.55. The number of aromatic nitrogens is 2. The Balaban J connectivity index is 1.40. The van der Waals surface area contributed by atoms with E-state index in [0.29, 0.717) is 18.3 Å². The molecular weight excluding hydrogens is 384 g/mol. The minimum atomic E-state index is -0.371. The molecule has 1 aromatic heterocycles. The Kier molecular flexibility index (Phi) is 7.46. The fourth-order valence-electron chi connectivity index (χ4n) is 3.98. The first-order valence-electron chi connectivity index (χ1n) is 11.1. The monoisotopic (exact) mass is 420 g/mol. The van der Waals surface area contributed by atoms with E-state index in [1.54, 1.807) is 0 Å². The molecule has 1 aliphatic heterocycles. The average Bonchev–Trinajstić information content (AvgIpc) is 3.18. The molecule has 0 aromatic carbocycles. The summed E-state index contributed by atoms with van der Waals surface area (Å²) in [5, 5.41) is 9.54. The molecule has 2 fully saturated rings. The Labute approximate surface area is 178 Å². The van der Waals surface area contributed by atoms with E-state index in [1.807, 2.05) is 27.7 Å². The van der Waals surface area contributed by atoms with E-state index >= 15 is 0 Å². The Morgan fingerprint density at radius 3 is 2.40 bits per heavy atom. The van der Waals surface area contributed by atoms with E-state index in [1.165, 1.54) is 6.42 Å². The number of nitrogens with zero attached hydrogens (tertiary/aromatic N) is 4. The highest BCUT2D eigenvalue weighted by atomic mass is 16.5. The highest BCUT2D eigenvalue weighted by Crippen LogP contribution is 2.20. The van der Waals surface area contributed by atoms with E-state index in [9.17, 15) is 9.59 Å². The molecule has 3 amide bonds. The quantitative estimate of drug-likeness (QED) is 0.751. The number of hydrogen-bond acceptors (Lipinski definition) is 7. The number of hydrogen-bond donors (Lipinski definition) is 2. The van der Waals surface area contributed by atoms with Crippen molar-refractivity contribution in [1.29, 1.82) is 0 Å². The maximum absolute atomic E-state index is 12.5. The molecule has 9 nitrogen and oxygen atoms in total. The van der Waals surface area contributed by atoms with Gasteiger partial charge in [0.05, 0.1) is 12.6 Å². The van der Waals surface area contributed by atoms with Crippen LogP contribution >= 0.6 is 0 Å². The molecule has 1 saturated heterocycles. The maximum atomic E-state index is 12.5. The van der Waals surface area contributed by atoms with Gasteiger partial charge in [0.2, 0.25) is 11.8 Å². The van der Waals surface area contributed by atoms with Gasteiger partial charge < -0.3 is 9.84 Å². The summed E-state index contributed by atoms with van der Waals surface area (Å²) in [6, 6.07) is -0.527. The zero-order chi connectivity index (χ0) is 21.7. The van der Waals surface area contributed by atoms with Crippen LogP contribution in [0.2, 0.25) is 0 Å². The van der Waals surface area contributed by atoms with Gasteiger partial charge in [0.1, 0.15) is 0 Å². The molecule has 2 N–H and O–H groups in total. The summed E-state index contributed by atoms with van der Waals surface area (Å²) in [6.07, 6.45) is 5.50. The molecule has 1 aliphatic carbocycles. The molecular formula is C21H36N6O3. The predicted octanol–water partition coefficient (Wildman–Crippen LogP) is 2.03. The summed E-state index contributed by atoms with van der Waals surface area (Å²) >= 11 is 0. The van der Waals surface area contributed by atoms with Crippen LogP contribution < -0.4 is 10.6 Å². The fraction of sp³-hybridized carbons (Fsp3) is 0.810. The van der Waals surface area contributed by atoms with E-state index in [-0.39, 0.29) is 29.4 Å². The van der Waals surface area contributed by atoms with Crippen molar-refractivity contribution in [2.75, 3.05) is 26.2 Å². The lowest BCUT2D eigenvalue weighted by molar-refractivity contribution is -0.125. The standard InChI is InChI=1S/C21H36N6O3/c1-15(18(28)24-20(29)22-16-8-6-5-7-9-16)27-12-10-26(11-13-27)14-17-23-19(30-25-17)21(2,3)4/h15-16H,5-14H2,1-4H3,(H2,22,24,28,29)/t15-/m0/s1. The first kappa shape index (κ1) is 22.7. The summed E-state index contributed by atoms with van der Waals surface area (Å²) in [6.45, 7) is 11.8. The van der Waals surface area contributed by atoms with Gasteiger partial charge in [-0.3, -0.25) is 19.9 Å². The summed E-state index contributed by atoms with van der Waals surface area (Å²) in [7, 11) is 0. The molecule has 3 rings (SSSR count). The van der Waals surface area contributed by atoms with Gasteiger partial charge in [-0.25, -0.2) is 4.79 Å². The van der Waals surface area contributed by atoms with Crippen molar-refractivity contribution in [3.05, 3.63) is 11.7 Å². The van der Waals surface area contributed by atoms with Crippen LogP contribution in [0.15, 0.2) is 4.52 Å². The van der Waals surface area contributed by atoms with Crippen molar-refractivity contribution in [2.24, 2.45) is 0 Å². The molecule has 9 heteroatoms. The van der Waals surface area contributed by atoms with Crippen molar-refractivity contribution in [1.82, 2.24) is 30.6 Å². The van der Waals surface area contributed by atoms with Crippen molar-refractivity contribution in [2.45, 2.75) is 83.8 Å². The van der Waals surface area contributed by atoms with Crippen molar-refractivity contribution >= 4 is 11.9 Å². The van der Waals surface area contributed by atoms with Crippen LogP contribution in [0.4, 0.5) is 4.79 Å². The van der Waals surface area contributed by atoms with Crippen LogP contribution in [0.5, 0.6) is 0 Å². The summed E-state index contributed by atoms with van der Waals surface area (Å²) < 4.78 is 5.36. The maximum Gasteiger partial charge on any atom is 0.321 e. The topological polar surface area (TPSA) is 104 Å². The number of imide groups is 1. The highest BCUT2D eigenvalue weighted by molar-refractivity contribution is 5.96. The third-order valence-electron chi connectivity index (χ3n) is 5.99. The summed E-state index contributed by atoms with van der Waals surface area (Å²) in [5.74, 6) is 1.09. The van der Waals surface area contributed by atoms with E-state index < -0.39 is 0 Å². The normalized spacial score (nSPS) is 20.7. The molecule has 2 aliphatic rings. The summed E-state index contributed by atoms with van der Waals surface area (Å²) in [5.41, 5.74) is -0.157. The number of amides is 3. The lowest BCUT2D eigenvalue weighted by Crippen LogP contribution is -2.56.